The summed E-state index contributed by atoms with van der Waals surface area (Å²) in [4.78, 5) is 14.2. The number of amides is 1. The smallest absolute Gasteiger partial charge is 0.225 e. The van der Waals surface area contributed by atoms with Crippen molar-refractivity contribution in [3.63, 3.8) is 0 Å². The van der Waals surface area contributed by atoms with Crippen molar-refractivity contribution >= 4 is 5.91 Å². The lowest BCUT2D eigenvalue weighted by atomic mass is 10.0. The first-order valence-corrected chi connectivity index (χ1v) is 6.18. The average molecular weight is 233 g/mol. The summed E-state index contributed by atoms with van der Waals surface area (Å²) in [6, 6.07) is 10.1. The number of hydrogen-bond donors (Lipinski definition) is 0. The molecule has 1 aromatic rings. The number of rotatable bonds is 3. The van der Waals surface area contributed by atoms with Gasteiger partial charge in [-0.05, 0) is 26.3 Å². The molecule has 0 heterocycles. The van der Waals surface area contributed by atoms with Gasteiger partial charge in [0.25, 0.3) is 0 Å². The largest absolute Gasteiger partial charge is 0.333 e. The van der Waals surface area contributed by atoms with Gasteiger partial charge in [-0.15, -0.1) is 0 Å². The van der Waals surface area contributed by atoms with Gasteiger partial charge in [0.1, 0.15) is 0 Å². The second-order valence-corrected chi connectivity index (χ2v) is 5.74. The standard InChI is InChI=1S/C15H23NO/c1-12(2)14(17)16(15(3,4)5)11-13-9-7-6-8-10-13/h6-10,12H,11H2,1-5H3. The third-order valence-electron chi connectivity index (χ3n) is 2.75. The van der Waals surface area contributed by atoms with E-state index >= 15 is 0 Å². The molecule has 1 rings (SSSR count). The maximum Gasteiger partial charge on any atom is 0.225 e. The van der Waals surface area contributed by atoms with Crippen LogP contribution in [-0.4, -0.2) is 16.3 Å². The number of benzene rings is 1. The number of carbonyl (C=O) groups excluding carboxylic acids is 1. The molecule has 94 valence electrons. The van der Waals surface area contributed by atoms with Crippen molar-refractivity contribution in [2.75, 3.05) is 0 Å². The van der Waals surface area contributed by atoms with Gasteiger partial charge in [-0.1, -0.05) is 44.2 Å². The van der Waals surface area contributed by atoms with Crippen molar-refractivity contribution in [1.29, 1.82) is 0 Å². The van der Waals surface area contributed by atoms with Crippen LogP contribution in [0, 0.1) is 5.92 Å². The fourth-order valence-electron chi connectivity index (χ4n) is 1.72. The summed E-state index contributed by atoms with van der Waals surface area (Å²) in [5.41, 5.74) is 1.04. The van der Waals surface area contributed by atoms with E-state index < -0.39 is 0 Å². The molecule has 0 aliphatic heterocycles. The lowest BCUT2D eigenvalue weighted by molar-refractivity contribution is -0.140. The highest BCUT2D eigenvalue weighted by molar-refractivity contribution is 5.78. The minimum atomic E-state index is -0.142. The number of hydrogen-bond acceptors (Lipinski definition) is 1. The van der Waals surface area contributed by atoms with E-state index in [4.69, 9.17) is 0 Å². The van der Waals surface area contributed by atoms with E-state index in [9.17, 15) is 4.79 Å². The van der Waals surface area contributed by atoms with Gasteiger partial charge in [-0.3, -0.25) is 4.79 Å². The molecule has 0 spiro atoms. The Balaban J connectivity index is 2.90. The molecule has 0 saturated heterocycles. The SMILES string of the molecule is CC(C)C(=O)N(Cc1ccccc1)C(C)(C)C. The Morgan fingerprint density at radius 1 is 1.18 bits per heavy atom. The lowest BCUT2D eigenvalue weighted by Crippen LogP contribution is -2.46. The maximum atomic E-state index is 12.2. The van der Waals surface area contributed by atoms with Crippen LogP contribution >= 0.6 is 0 Å². The molecular weight excluding hydrogens is 210 g/mol. The van der Waals surface area contributed by atoms with E-state index in [1.165, 1.54) is 5.56 Å². The third-order valence-corrected chi connectivity index (χ3v) is 2.75. The third kappa shape index (κ3) is 3.88. The monoisotopic (exact) mass is 233 g/mol. The summed E-state index contributed by atoms with van der Waals surface area (Å²) in [7, 11) is 0. The quantitative estimate of drug-likeness (QED) is 0.783. The van der Waals surface area contributed by atoms with Gasteiger partial charge in [-0.2, -0.15) is 0 Å². The summed E-state index contributed by atoms with van der Waals surface area (Å²) in [6.45, 7) is 10.8. The lowest BCUT2D eigenvalue weighted by Gasteiger charge is -2.37. The van der Waals surface area contributed by atoms with E-state index in [2.05, 4.69) is 32.9 Å². The molecule has 1 aromatic carbocycles. The Bertz CT molecular complexity index is 362. The molecule has 0 saturated carbocycles. The molecule has 0 aliphatic rings. The fourth-order valence-corrected chi connectivity index (χ4v) is 1.72. The molecule has 0 aromatic heterocycles. The maximum absolute atomic E-state index is 12.2. The summed E-state index contributed by atoms with van der Waals surface area (Å²) >= 11 is 0. The normalized spacial score (nSPS) is 11.6. The Morgan fingerprint density at radius 2 is 1.71 bits per heavy atom. The minimum absolute atomic E-state index is 0.0398. The van der Waals surface area contributed by atoms with Gasteiger partial charge in [-0.25, -0.2) is 0 Å². The molecule has 0 aliphatic carbocycles. The van der Waals surface area contributed by atoms with Gasteiger partial charge in [0.05, 0.1) is 0 Å². The van der Waals surface area contributed by atoms with Gasteiger partial charge in [0.15, 0.2) is 0 Å². The Kier molecular flexibility index (Phi) is 4.33. The highest BCUT2D eigenvalue weighted by Gasteiger charge is 2.27. The molecule has 0 bridgehead atoms. The Hall–Kier alpha value is -1.31. The number of carbonyl (C=O) groups is 1. The summed E-state index contributed by atoms with van der Waals surface area (Å²) in [6.07, 6.45) is 0. The molecule has 0 fully saturated rings. The molecule has 2 nitrogen and oxygen atoms in total. The van der Waals surface area contributed by atoms with E-state index in [1.54, 1.807) is 0 Å². The predicted octanol–water partition coefficient (Wildman–Crippen LogP) is 3.47. The van der Waals surface area contributed by atoms with Crippen molar-refractivity contribution < 1.29 is 4.79 Å². The first-order chi connectivity index (χ1) is 7.82. The highest BCUT2D eigenvalue weighted by Crippen LogP contribution is 2.20. The molecule has 0 N–H and O–H groups in total. The molecule has 0 radical (unpaired) electrons. The Morgan fingerprint density at radius 3 is 2.12 bits per heavy atom. The van der Waals surface area contributed by atoms with Crippen LogP contribution in [0.15, 0.2) is 30.3 Å². The molecule has 2 heteroatoms. The fraction of sp³-hybridized carbons (Fsp3) is 0.533. The van der Waals surface area contributed by atoms with Crippen LogP contribution in [0.4, 0.5) is 0 Å². The van der Waals surface area contributed by atoms with Gasteiger partial charge < -0.3 is 4.90 Å². The van der Waals surface area contributed by atoms with E-state index in [0.717, 1.165) is 0 Å². The van der Waals surface area contributed by atoms with Crippen LogP contribution in [0.2, 0.25) is 0 Å². The summed E-state index contributed by atoms with van der Waals surface area (Å²) < 4.78 is 0. The van der Waals surface area contributed by atoms with Crippen LogP contribution in [0.25, 0.3) is 0 Å². The minimum Gasteiger partial charge on any atom is -0.333 e. The van der Waals surface area contributed by atoms with Crippen molar-refractivity contribution in [1.82, 2.24) is 4.90 Å². The molecule has 0 atom stereocenters. The van der Waals surface area contributed by atoms with Gasteiger partial charge in [0, 0.05) is 18.0 Å². The summed E-state index contributed by atoms with van der Waals surface area (Å²) in [5.74, 6) is 0.249. The van der Waals surface area contributed by atoms with Crippen LogP contribution in [0.3, 0.4) is 0 Å². The average Bonchev–Trinajstić information content (AvgIpc) is 2.24. The Labute approximate surface area is 105 Å². The van der Waals surface area contributed by atoms with E-state index in [1.807, 2.05) is 36.9 Å². The zero-order valence-corrected chi connectivity index (χ0v) is 11.5. The molecule has 0 unspecified atom stereocenters. The molecular formula is C15H23NO. The van der Waals surface area contributed by atoms with Crippen LogP contribution < -0.4 is 0 Å². The second kappa shape index (κ2) is 5.35. The van der Waals surface area contributed by atoms with Crippen molar-refractivity contribution in [2.45, 2.75) is 46.7 Å². The van der Waals surface area contributed by atoms with Gasteiger partial charge >= 0.3 is 0 Å². The molecule has 1 amide bonds. The predicted molar refractivity (Wildman–Crippen MR) is 71.6 cm³/mol. The summed E-state index contributed by atoms with van der Waals surface area (Å²) in [5, 5.41) is 0. The van der Waals surface area contributed by atoms with E-state index in [-0.39, 0.29) is 17.4 Å². The van der Waals surface area contributed by atoms with Crippen molar-refractivity contribution in [2.24, 2.45) is 5.92 Å². The highest BCUT2D eigenvalue weighted by atomic mass is 16.2. The van der Waals surface area contributed by atoms with Crippen molar-refractivity contribution in [3.8, 4) is 0 Å². The van der Waals surface area contributed by atoms with Crippen molar-refractivity contribution in [3.05, 3.63) is 35.9 Å². The first kappa shape index (κ1) is 13.8. The van der Waals surface area contributed by atoms with Gasteiger partial charge in [0.2, 0.25) is 5.91 Å². The second-order valence-electron chi connectivity index (χ2n) is 5.74. The van der Waals surface area contributed by atoms with Crippen LogP contribution in [0.5, 0.6) is 0 Å². The number of nitrogens with zero attached hydrogens (tertiary/aromatic N) is 1. The zero-order chi connectivity index (χ0) is 13.1. The van der Waals surface area contributed by atoms with Crippen LogP contribution in [-0.2, 0) is 11.3 Å². The zero-order valence-electron chi connectivity index (χ0n) is 11.5. The molecule has 17 heavy (non-hydrogen) atoms. The van der Waals surface area contributed by atoms with Crippen LogP contribution in [0.1, 0.15) is 40.2 Å². The topological polar surface area (TPSA) is 20.3 Å². The first-order valence-electron chi connectivity index (χ1n) is 6.18. The van der Waals surface area contributed by atoms with E-state index in [0.29, 0.717) is 6.54 Å².